The molecule has 0 aromatic carbocycles. The maximum atomic E-state index is 12.1. The predicted molar refractivity (Wildman–Crippen MR) is 54.8 cm³/mol. The van der Waals surface area contributed by atoms with E-state index in [1.165, 1.54) is 0 Å². The predicted octanol–water partition coefficient (Wildman–Crippen LogP) is 1.39. The molecule has 1 amide bonds. The molecule has 5 heteroatoms. The van der Waals surface area contributed by atoms with Crippen molar-refractivity contribution in [2.45, 2.75) is 45.3 Å². The Labute approximate surface area is 89.8 Å². The van der Waals surface area contributed by atoms with Crippen LogP contribution >= 0.6 is 0 Å². The van der Waals surface area contributed by atoms with Gasteiger partial charge >= 0.3 is 6.09 Å². The van der Waals surface area contributed by atoms with E-state index in [0.29, 0.717) is 12.8 Å². The van der Waals surface area contributed by atoms with E-state index in [-0.39, 0.29) is 13.2 Å². The van der Waals surface area contributed by atoms with Crippen LogP contribution in [0.4, 0.5) is 4.79 Å². The van der Waals surface area contributed by atoms with Gasteiger partial charge in [0.25, 0.3) is 0 Å². The van der Waals surface area contributed by atoms with Gasteiger partial charge in [-0.2, -0.15) is 4.79 Å². The van der Waals surface area contributed by atoms with Gasteiger partial charge in [0.05, 0.1) is 13.2 Å². The van der Waals surface area contributed by atoms with E-state index < -0.39 is 22.4 Å². The molecule has 1 rings (SSSR count). The number of carbonyl (C=O) groups is 1. The average Bonchev–Trinajstić information content (AvgIpc) is 2.45. The molecule has 0 spiro atoms. The van der Waals surface area contributed by atoms with Gasteiger partial charge in [0.2, 0.25) is 0 Å². The van der Waals surface area contributed by atoms with Crippen LogP contribution < -0.4 is 0 Å². The molecule has 0 aromatic heterocycles. The van der Waals surface area contributed by atoms with Crippen molar-refractivity contribution in [1.82, 2.24) is 0 Å². The van der Waals surface area contributed by atoms with Gasteiger partial charge in [0.1, 0.15) is 11.6 Å². The molecule has 1 heterocycles. The summed E-state index contributed by atoms with van der Waals surface area (Å²) in [6, 6.07) is -0.556. The summed E-state index contributed by atoms with van der Waals surface area (Å²) in [4.78, 5) is 11.7. The van der Waals surface area contributed by atoms with Gasteiger partial charge < -0.3 is 15.1 Å². The first-order valence-electron chi connectivity index (χ1n) is 5.23. The number of quaternary nitrogens is 1. The van der Waals surface area contributed by atoms with Crippen LogP contribution in [0.15, 0.2) is 0 Å². The highest BCUT2D eigenvalue weighted by Crippen LogP contribution is 2.28. The van der Waals surface area contributed by atoms with Gasteiger partial charge in [-0.25, -0.2) is 0 Å². The summed E-state index contributed by atoms with van der Waals surface area (Å²) in [7, 11) is 0. The Hall–Kier alpha value is -0.650. The Morgan fingerprint density at radius 3 is 2.67 bits per heavy atom. The van der Waals surface area contributed by atoms with E-state index in [4.69, 9.17) is 9.84 Å². The third-order valence-electron chi connectivity index (χ3n) is 2.53. The van der Waals surface area contributed by atoms with Crippen molar-refractivity contribution in [3.05, 3.63) is 5.21 Å². The molecule has 0 bridgehead atoms. The fourth-order valence-corrected chi connectivity index (χ4v) is 1.76. The average molecular weight is 217 g/mol. The molecule has 0 radical (unpaired) electrons. The number of nitrogens with zero attached hydrogens (tertiary/aromatic N) is 1. The summed E-state index contributed by atoms with van der Waals surface area (Å²) in [5, 5.41) is 21.2. The molecule has 0 aromatic rings. The number of aliphatic hydroxyl groups excluding tert-OH is 1. The van der Waals surface area contributed by atoms with E-state index in [9.17, 15) is 10.0 Å². The van der Waals surface area contributed by atoms with Crippen molar-refractivity contribution in [2.75, 3.05) is 13.2 Å². The van der Waals surface area contributed by atoms with Crippen LogP contribution in [0, 0.1) is 5.21 Å². The zero-order valence-electron chi connectivity index (χ0n) is 9.52. The maximum Gasteiger partial charge on any atom is 0.516 e. The third-order valence-corrected chi connectivity index (χ3v) is 2.53. The van der Waals surface area contributed by atoms with E-state index in [1.54, 1.807) is 20.8 Å². The van der Waals surface area contributed by atoms with Gasteiger partial charge in [-0.15, -0.1) is 0 Å². The van der Waals surface area contributed by atoms with Gasteiger partial charge in [-0.05, 0) is 20.8 Å². The lowest BCUT2D eigenvalue weighted by Crippen LogP contribution is -2.54. The second-order valence-electron chi connectivity index (χ2n) is 4.98. The lowest BCUT2D eigenvalue weighted by molar-refractivity contribution is -0.821. The Balaban J connectivity index is 2.73. The van der Waals surface area contributed by atoms with Gasteiger partial charge in [0, 0.05) is 12.8 Å². The lowest BCUT2D eigenvalue weighted by Gasteiger charge is -2.40. The maximum absolute atomic E-state index is 12.1. The molecule has 1 N–H and O–H groups in total. The fourth-order valence-electron chi connectivity index (χ4n) is 1.76. The molecular weight excluding hydrogens is 198 g/mol. The second-order valence-corrected chi connectivity index (χ2v) is 4.98. The van der Waals surface area contributed by atoms with E-state index in [1.807, 2.05) is 0 Å². The summed E-state index contributed by atoms with van der Waals surface area (Å²) in [5.41, 5.74) is -0.657. The highest BCUT2D eigenvalue weighted by molar-refractivity contribution is 5.61. The summed E-state index contributed by atoms with van der Waals surface area (Å²) < 4.78 is 4.03. The Bertz CT molecular complexity index is 248. The molecule has 1 aliphatic rings. The Morgan fingerprint density at radius 2 is 2.20 bits per heavy atom. The molecule has 1 unspecified atom stereocenters. The molecule has 0 saturated carbocycles. The van der Waals surface area contributed by atoms with Crippen LogP contribution in [-0.4, -0.2) is 40.6 Å². The number of ether oxygens (including phenoxy) is 1. The molecule has 5 nitrogen and oxygen atoms in total. The van der Waals surface area contributed by atoms with Crippen molar-refractivity contribution in [3.8, 4) is 0 Å². The SMILES string of the molecule is CC(C)(C)OC(=O)[N+]1([O-])CCC[C@H]1CO. The van der Waals surface area contributed by atoms with Crippen molar-refractivity contribution in [3.63, 3.8) is 0 Å². The number of amides is 1. The monoisotopic (exact) mass is 217 g/mol. The van der Waals surface area contributed by atoms with E-state index >= 15 is 0 Å². The molecule has 1 saturated heterocycles. The topological polar surface area (TPSA) is 69.6 Å². The van der Waals surface area contributed by atoms with Crippen molar-refractivity contribution in [1.29, 1.82) is 0 Å². The van der Waals surface area contributed by atoms with Crippen molar-refractivity contribution < 1.29 is 19.3 Å². The first kappa shape index (κ1) is 12.4. The molecule has 88 valence electrons. The van der Waals surface area contributed by atoms with Crippen molar-refractivity contribution in [2.24, 2.45) is 0 Å². The molecular formula is C10H19NO4. The van der Waals surface area contributed by atoms with Crippen LogP contribution in [0.3, 0.4) is 0 Å². The molecule has 15 heavy (non-hydrogen) atoms. The third kappa shape index (κ3) is 2.68. The first-order valence-corrected chi connectivity index (χ1v) is 5.23. The number of rotatable bonds is 1. The zero-order valence-corrected chi connectivity index (χ0v) is 9.52. The first-order chi connectivity index (χ1) is 6.79. The number of hydrogen-bond acceptors (Lipinski definition) is 4. The number of likely N-dealkylation sites (tertiary alicyclic amines) is 1. The summed E-state index contributed by atoms with van der Waals surface area (Å²) in [5.74, 6) is 0. The van der Waals surface area contributed by atoms with Crippen LogP contribution in [0.1, 0.15) is 33.6 Å². The second kappa shape index (κ2) is 4.08. The number of aliphatic hydroxyl groups is 1. The smallest absolute Gasteiger partial charge is 0.516 e. The zero-order chi connectivity index (χ0) is 11.7. The van der Waals surface area contributed by atoms with E-state index in [2.05, 4.69) is 0 Å². The van der Waals surface area contributed by atoms with Gasteiger partial charge in [-0.3, -0.25) is 4.65 Å². The molecule has 0 aliphatic carbocycles. The quantitative estimate of drug-likeness (QED) is 0.532. The van der Waals surface area contributed by atoms with Crippen LogP contribution in [0.2, 0.25) is 0 Å². The normalized spacial score (nSPS) is 31.7. The largest absolute Gasteiger partial charge is 0.622 e. The minimum atomic E-state index is -1.03. The number of hydrogen-bond donors (Lipinski definition) is 1. The summed E-state index contributed by atoms with van der Waals surface area (Å²) >= 11 is 0. The van der Waals surface area contributed by atoms with E-state index in [0.717, 1.165) is 0 Å². The van der Waals surface area contributed by atoms with Crippen LogP contribution in [-0.2, 0) is 4.74 Å². The standard InChI is InChI=1S/C10H19NO4/c1-10(2,3)15-9(13)11(14)6-4-5-8(11)7-12/h8,12H,4-7H2,1-3H3/t8-,11?/m0/s1. The minimum absolute atomic E-state index is 0.208. The Kier molecular flexibility index (Phi) is 3.38. The number of hydroxylamine groups is 3. The molecule has 1 fully saturated rings. The Morgan fingerprint density at radius 1 is 1.60 bits per heavy atom. The fraction of sp³-hybridized carbons (Fsp3) is 0.900. The molecule has 1 aliphatic heterocycles. The van der Waals surface area contributed by atoms with Gasteiger partial charge in [-0.1, -0.05) is 0 Å². The summed E-state index contributed by atoms with van der Waals surface area (Å²) in [6.07, 6.45) is 0.465. The summed E-state index contributed by atoms with van der Waals surface area (Å²) in [6.45, 7) is 5.12. The van der Waals surface area contributed by atoms with Crippen LogP contribution in [0.25, 0.3) is 0 Å². The minimum Gasteiger partial charge on any atom is -0.622 e. The van der Waals surface area contributed by atoms with Gasteiger partial charge in [0.15, 0.2) is 0 Å². The highest BCUT2D eigenvalue weighted by Gasteiger charge is 2.43. The van der Waals surface area contributed by atoms with Crippen molar-refractivity contribution >= 4 is 6.09 Å². The highest BCUT2D eigenvalue weighted by atomic mass is 16.7. The van der Waals surface area contributed by atoms with Crippen LogP contribution in [0.5, 0.6) is 0 Å². The number of carbonyl (C=O) groups excluding carboxylic acids is 1. The molecule has 2 atom stereocenters. The lowest BCUT2D eigenvalue weighted by atomic mass is 10.2.